The number of rotatable bonds is 9. The van der Waals surface area contributed by atoms with Crippen LogP contribution in [0.3, 0.4) is 0 Å². The van der Waals surface area contributed by atoms with E-state index >= 15 is 0 Å². The summed E-state index contributed by atoms with van der Waals surface area (Å²) in [4.78, 5) is 46.4. The quantitative estimate of drug-likeness (QED) is 0.282. The number of piperidine rings is 1. The van der Waals surface area contributed by atoms with E-state index in [1.165, 1.54) is 4.90 Å². The van der Waals surface area contributed by atoms with Gasteiger partial charge in [0.1, 0.15) is 12.4 Å². The molecular formula is C34H37F3N6O3. The zero-order valence-corrected chi connectivity index (χ0v) is 25.6. The molecule has 0 unspecified atom stereocenters. The number of anilines is 2. The minimum Gasteiger partial charge on any atom is -0.329 e. The Bertz CT molecular complexity index is 1660. The molecule has 242 valence electrons. The first-order chi connectivity index (χ1) is 22.0. The number of carbonyl (C=O) groups excluding carboxylic acids is 3. The molecule has 1 aromatic heterocycles. The maximum atomic E-state index is 14.1. The number of hydrogen-bond acceptors (Lipinski definition) is 6. The topological polar surface area (TPSA) is 115 Å². The molecule has 3 heterocycles. The molecule has 1 aliphatic carbocycles. The molecule has 4 N–H and O–H groups in total. The third-order valence-electron chi connectivity index (χ3n) is 9.49. The second-order valence-electron chi connectivity index (χ2n) is 12.6. The molecule has 0 saturated carbocycles. The molecule has 46 heavy (non-hydrogen) atoms. The predicted molar refractivity (Wildman–Crippen MR) is 167 cm³/mol. The molecule has 1 fully saturated rings. The SMILES string of the molecule is CNCc1ccccc1CN(CC(=O)Nc1ccc2c(c1)C[C@@]1(C2)C(=O)Nc2ncccc21)C(=O)C1(CC(F)(F)F)CCNCC1. The molecule has 1 saturated heterocycles. The van der Waals surface area contributed by atoms with Crippen molar-refractivity contribution in [3.8, 4) is 0 Å². The Morgan fingerprint density at radius 1 is 1.00 bits per heavy atom. The molecule has 3 aliphatic rings. The number of alkyl halides is 3. The Kier molecular flexibility index (Phi) is 8.60. The van der Waals surface area contributed by atoms with Crippen molar-refractivity contribution in [1.29, 1.82) is 0 Å². The van der Waals surface area contributed by atoms with Crippen LogP contribution >= 0.6 is 0 Å². The largest absolute Gasteiger partial charge is 0.390 e. The van der Waals surface area contributed by atoms with E-state index in [-0.39, 0.29) is 38.4 Å². The summed E-state index contributed by atoms with van der Waals surface area (Å²) in [7, 11) is 1.79. The van der Waals surface area contributed by atoms with Gasteiger partial charge in [-0.25, -0.2) is 4.98 Å². The van der Waals surface area contributed by atoms with Gasteiger partial charge in [0.15, 0.2) is 0 Å². The fourth-order valence-corrected chi connectivity index (χ4v) is 7.29. The third-order valence-corrected chi connectivity index (χ3v) is 9.49. The molecule has 1 atom stereocenters. The van der Waals surface area contributed by atoms with Gasteiger partial charge in [0.05, 0.1) is 17.3 Å². The van der Waals surface area contributed by atoms with Crippen LogP contribution in [0.4, 0.5) is 24.7 Å². The van der Waals surface area contributed by atoms with Gasteiger partial charge in [-0.15, -0.1) is 0 Å². The normalized spacial score (nSPS) is 19.8. The molecule has 1 spiro atoms. The number of fused-ring (bicyclic) bond motifs is 3. The van der Waals surface area contributed by atoms with Gasteiger partial charge in [-0.05, 0) is 86.3 Å². The van der Waals surface area contributed by atoms with Gasteiger partial charge >= 0.3 is 6.18 Å². The van der Waals surface area contributed by atoms with Crippen LogP contribution in [0.1, 0.15) is 47.1 Å². The zero-order valence-electron chi connectivity index (χ0n) is 25.6. The highest BCUT2D eigenvalue weighted by Crippen LogP contribution is 2.47. The highest BCUT2D eigenvalue weighted by molar-refractivity contribution is 6.06. The van der Waals surface area contributed by atoms with Crippen LogP contribution in [-0.4, -0.2) is 60.5 Å². The fraction of sp³-hybridized carbons (Fsp3) is 0.412. The Morgan fingerprint density at radius 3 is 2.48 bits per heavy atom. The van der Waals surface area contributed by atoms with E-state index < -0.39 is 41.8 Å². The molecule has 3 aromatic rings. The van der Waals surface area contributed by atoms with E-state index in [2.05, 4.69) is 26.3 Å². The van der Waals surface area contributed by atoms with Crippen LogP contribution in [-0.2, 0) is 45.7 Å². The number of aromatic nitrogens is 1. The number of nitrogens with zero attached hydrogens (tertiary/aromatic N) is 2. The Hall–Kier alpha value is -4.29. The van der Waals surface area contributed by atoms with Gasteiger partial charge in [-0.3, -0.25) is 14.4 Å². The van der Waals surface area contributed by atoms with E-state index in [9.17, 15) is 27.6 Å². The number of nitrogens with one attached hydrogen (secondary N) is 4. The van der Waals surface area contributed by atoms with Crippen LogP contribution in [0, 0.1) is 5.41 Å². The average molecular weight is 635 g/mol. The fourth-order valence-electron chi connectivity index (χ4n) is 7.29. The van der Waals surface area contributed by atoms with E-state index in [4.69, 9.17) is 0 Å². The smallest absolute Gasteiger partial charge is 0.329 e. The average Bonchev–Trinajstić information content (AvgIpc) is 3.53. The predicted octanol–water partition coefficient (Wildman–Crippen LogP) is 4.08. The molecular weight excluding hydrogens is 597 g/mol. The number of amides is 3. The van der Waals surface area contributed by atoms with Crippen molar-refractivity contribution in [3.63, 3.8) is 0 Å². The Balaban J connectivity index is 1.24. The molecule has 12 heteroatoms. The van der Waals surface area contributed by atoms with E-state index in [1.54, 1.807) is 19.3 Å². The first kappa shape index (κ1) is 31.7. The molecule has 2 aromatic carbocycles. The molecule has 6 rings (SSSR count). The molecule has 9 nitrogen and oxygen atoms in total. The van der Waals surface area contributed by atoms with Crippen LogP contribution in [0.2, 0.25) is 0 Å². The van der Waals surface area contributed by atoms with Crippen molar-refractivity contribution in [2.75, 3.05) is 37.3 Å². The van der Waals surface area contributed by atoms with Crippen molar-refractivity contribution in [2.24, 2.45) is 5.41 Å². The standard InChI is InChI=1S/C34H37F3N6O3/c1-38-18-23-5-2-3-6-24(23)19-43(31(46)32(21-34(35,36)37)10-13-39-14-11-32)20-28(44)41-26-9-8-22-16-33(17-25(22)15-26)27-7-4-12-40-29(27)42-30(33)45/h2-9,12,15,38-39H,10-11,13-14,16-21H2,1H3,(H,41,44)(H,40,42,45)/t33-/m1/s1. The summed E-state index contributed by atoms with van der Waals surface area (Å²) in [6.07, 6.45) is -3.14. The van der Waals surface area contributed by atoms with E-state index in [0.717, 1.165) is 27.8 Å². The van der Waals surface area contributed by atoms with E-state index in [1.807, 2.05) is 48.5 Å². The van der Waals surface area contributed by atoms with Gasteiger partial charge < -0.3 is 26.2 Å². The van der Waals surface area contributed by atoms with Crippen molar-refractivity contribution in [3.05, 3.63) is 88.6 Å². The summed E-state index contributed by atoms with van der Waals surface area (Å²) < 4.78 is 41.6. The number of benzene rings is 2. The minimum atomic E-state index is -4.54. The van der Waals surface area contributed by atoms with Gasteiger partial charge in [-0.2, -0.15) is 13.2 Å². The van der Waals surface area contributed by atoms with Crippen LogP contribution in [0.5, 0.6) is 0 Å². The van der Waals surface area contributed by atoms with Crippen LogP contribution in [0.15, 0.2) is 60.8 Å². The summed E-state index contributed by atoms with van der Waals surface area (Å²) in [6.45, 7) is 0.645. The number of halogens is 3. The highest BCUT2D eigenvalue weighted by Gasteiger charge is 2.52. The second-order valence-corrected chi connectivity index (χ2v) is 12.6. The third kappa shape index (κ3) is 6.23. The van der Waals surface area contributed by atoms with Gasteiger partial charge in [0.2, 0.25) is 17.7 Å². The summed E-state index contributed by atoms with van der Waals surface area (Å²) in [5.74, 6) is -0.735. The Morgan fingerprint density at radius 2 is 1.74 bits per heavy atom. The number of pyridine rings is 1. The van der Waals surface area contributed by atoms with E-state index in [0.29, 0.717) is 30.9 Å². The minimum absolute atomic E-state index is 0.00753. The van der Waals surface area contributed by atoms with Crippen molar-refractivity contribution >= 4 is 29.2 Å². The first-order valence-corrected chi connectivity index (χ1v) is 15.5. The summed E-state index contributed by atoms with van der Waals surface area (Å²) >= 11 is 0. The lowest BCUT2D eigenvalue weighted by atomic mass is 9.74. The molecule has 0 radical (unpaired) electrons. The van der Waals surface area contributed by atoms with Crippen molar-refractivity contribution in [2.45, 2.75) is 56.8 Å². The van der Waals surface area contributed by atoms with Gasteiger partial charge in [0, 0.05) is 30.5 Å². The molecule has 3 amide bonds. The number of carbonyl (C=O) groups is 3. The van der Waals surface area contributed by atoms with Crippen LogP contribution < -0.4 is 21.3 Å². The Labute approximate surface area is 265 Å². The second kappa shape index (κ2) is 12.5. The van der Waals surface area contributed by atoms with Crippen molar-refractivity contribution < 1.29 is 27.6 Å². The maximum absolute atomic E-state index is 14.1. The molecule has 0 bridgehead atoms. The zero-order chi connectivity index (χ0) is 32.5. The lowest BCUT2D eigenvalue weighted by Gasteiger charge is -2.40. The lowest BCUT2D eigenvalue weighted by molar-refractivity contribution is -0.178. The summed E-state index contributed by atoms with van der Waals surface area (Å²) in [6, 6.07) is 16.6. The van der Waals surface area contributed by atoms with Gasteiger partial charge in [-0.1, -0.05) is 36.4 Å². The van der Waals surface area contributed by atoms with Crippen molar-refractivity contribution in [1.82, 2.24) is 20.5 Å². The van der Waals surface area contributed by atoms with Gasteiger partial charge in [0.25, 0.3) is 0 Å². The highest BCUT2D eigenvalue weighted by atomic mass is 19.4. The first-order valence-electron chi connectivity index (χ1n) is 15.5. The monoisotopic (exact) mass is 634 g/mol. The summed E-state index contributed by atoms with van der Waals surface area (Å²) in [5, 5.41) is 11.9. The summed E-state index contributed by atoms with van der Waals surface area (Å²) in [5.41, 5.74) is 2.46. The maximum Gasteiger partial charge on any atom is 0.390 e. The van der Waals surface area contributed by atoms with Crippen LogP contribution in [0.25, 0.3) is 0 Å². The lowest BCUT2D eigenvalue weighted by Crippen LogP contribution is -2.52. The molecule has 2 aliphatic heterocycles. The number of hydrogen-bond donors (Lipinski definition) is 4.